The molecular weight excluding hydrogens is 315 g/mol. The Bertz CT molecular complexity index is 627. The molecule has 0 spiro atoms. The van der Waals surface area contributed by atoms with E-state index in [1.165, 1.54) is 18.2 Å². The average Bonchev–Trinajstić information content (AvgIpc) is 2.44. The van der Waals surface area contributed by atoms with Crippen LogP contribution in [-0.4, -0.2) is 17.8 Å². The van der Waals surface area contributed by atoms with Gasteiger partial charge in [-0.25, -0.2) is 9.69 Å². The molecule has 0 aromatic heterocycles. The van der Waals surface area contributed by atoms with Gasteiger partial charge in [0, 0.05) is 0 Å². The highest BCUT2D eigenvalue weighted by atomic mass is 35.5. The Morgan fingerprint density at radius 1 is 1.10 bits per heavy atom. The number of nitrogens with zero attached hydrogens (tertiary/aromatic N) is 1. The number of amides is 4. The highest BCUT2D eigenvalue weighted by Gasteiger charge is 2.51. The molecule has 1 fully saturated rings. The molecule has 1 aromatic rings. The Morgan fingerprint density at radius 3 is 2.24 bits per heavy atom. The van der Waals surface area contributed by atoms with Crippen molar-refractivity contribution in [3.8, 4) is 0 Å². The largest absolute Gasteiger partial charge is 0.335 e. The fourth-order valence-corrected chi connectivity index (χ4v) is 2.70. The summed E-state index contributed by atoms with van der Waals surface area (Å²) in [6.45, 7) is 3.48. The molecule has 0 saturated carbocycles. The van der Waals surface area contributed by atoms with E-state index in [2.05, 4.69) is 5.32 Å². The third-order valence-electron chi connectivity index (χ3n) is 3.84. The number of carbonyl (C=O) groups excluding carboxylic acids is 3. The Morgan fingerprint density at radius 2 is 1.71 bits per heavy atom. The molecular formula is C14H14Cl2N2O3. The number of benzene rings is 1. The summed E-state index contributed by atoms with van der Waals surface area (Å²) < 4.78 is 0. The first-order valence-corrected chi connectivity index (χ1v) is 7.28. The van der Waals surface area contributed by atoms with E-state index in [-0.39, 0.29) is 10.7 Å². The summed E-state index contributed by atoms with van der Waals surface area (Å²) in [5.41, 5.74) is -0.953. The average molecular weight is 329 g/mol. The monoisotopic (exact) mass is 328 g/mol. The van der Waals surface area contributed by atoms with Crippen molar-refractivity contribution in [3.05, 3.63) is 28.2 Å². The molecule has 4 amide bonds. The number of rotatable bonds is 3. The van der Waals surface area contributed by atoms with Crippen molar-refractivity contribution in [3.63, 3.8) is 0 Å². The summed E-state index contributed by atoms with van der Waals surface area (Å²) in [5.74, 6) is -1.10. The van der Waals surface area contributed by atoms with E-state index in [0.29, 0.717) is 17.9 Å². The molecule has 0 aliphatic carbocycles. The Hall–Kier alpha value is -1.59. The van der Waals surface area contributed by atoms with Crippen LogP contribution in [0.5, 0.6) is 0 Å². The summed E-state index contributed by atoms with van der Waals surface area (Å²) in [6.07, 6.45) is 0.610. The van der Waals surface area contributed by atoms with E-state index in [9.17, 15) is 14.4 Å². The van der Waals surface area contributed by atoms with E-state index in [1.807, 2.05) is 0 Å². The van der Waals surface area contributed by atoms with Crippen LogP contribution in [0, 0.1) is 5.41 Å². The SMILES string of the molecule is CCC1(CC)C(=O)NC(=O)N(c2ccc(Cl)c(Cl)c2)C1=O. The first kappa shape index (κ1) is 15.8. The van der Waals surface area contributed by atoms with Crippen LogP contribution in [0.15, 0.2) is 18.2 Å². The molecule has 0 atom stereocenters. The molecule has 1 N–H and O–H groups in total. The first-order valence-electron chi connectivity index (χ1n) is 6.52. The number of imide groups is 2. The number of hydrogen-bond donors (Lipinski definition) is 1. The third kappa shape index (κ3) is 2.40. The van der Waals surface area contributed by atoms with Gasteiger partial charge in [0.05, 0.1) is 15.7 Å². The number of hydrogen-bond acceptors (Lipinski definition) is 3. The molecule has 21 heavy (non-hydrogen) atoms. The van der Waals surface area contributed by atoms with E-state index < -0.39 is 23.3 Å². The van der Waals surface area contributed by atoms with Crippen LogP contribution in [-0.2, 0) is 9.59 Å². The second kappa shape index (κ2) is 5.66. The van der Waals surface area contributed by atoms with Crippen LogP contribution >= 0.6 is 23.2 Å². The highest BCUT2D eigenvalue weighted by molar-refractivity contribution is 6.42. The van der Waals surface area contributed by atoms with Gasteiger partial charge in [0.2, 0.25) is 5.91 Å². The third-order valence-corrected chi connectivity index (χ3v) is 4.58. The van der Waals surface area contributed by atoms with Gasteiger partial charge in [-0.05, 0) is 31.0 Å². The molecule has 7 heteroatoms. The maximum atomic E-state index is 12.7. The molecule has 0 bridgehead atoms. The second-order valence-electron chi connectivity index (χ2n) is 4.79. The van der Waals surface area contributed by atoms with Crippen molar-refractivity contribution < 1.29 is 14.4 Å². The van der Waals surface area contributed by atoms with Gasteiger partial charge in [-0.15, -0.1) is 0 Å². The fourth-order valence-electron chi connectivity index (χ4n) is 2.41. The normalized spacial score (nSPS) is 17.9. The second-order valence-corrected chi connectivity index (χ2v) is 5.60. The number of barbiturate groups is 1. The molecule has 1 aromatic carbocycles. The number of halogens is 2. The lowest BCUT2D eigenvalue weighted by molar-refractivity contribution is -0.143. The number of nitrogens with one attached hydrogen (secondary N) is 1. The maximum Gasteiger partial charge on any atom is 0.335 e. The van der Waals surface area contributed by atoms with Gasteiger partial charge >= 0.3 is 6.03 Å². The molecule has 1 heterocycles. The minimum absolute atomic E-state index is 0.227. The zero-order valence-electron chi connectivity index (χ0n) is 11.6. The van der Waals surface area contributed by atoms with Crippen molar-refractivity contribution in [2.75, 3.05) is 4.90 Å². The molecule has 1 aliphatic rings. The topological polar surface area (TPSA) is 66.5 Å². The molecule has 0 radical (unpaired) electrons. The van der Waals surface area contributed by atoms with Crippen LogP contribution in [0.4, 0.5) is 10.5 Å². The minimum atomic E-state index is -1.24. The van der Waals surface area contributed by atoms with Gasteiger partial charge in [0.15, 0.2) is 0 Å². The lowest BCUT2D eigenvalue weighted by atomic mass is 9.78. The van der Waals surface area contributed by atoms with Crippen LogP contribution in [0.3, 0.4) is 0 Å². The van der Waals surface area contributed by atoms with Crippen molar-refractivity contribution >= 4 is 46.7 Å². The maximum absolute atomic E-state index is 12.7. The van der Waals surface area contributed by atoms with E-state index in [1.54, 1.807) is 13.8 Å². The fraction of sp³-hybridized carbons (Fsp3) is 0.357. The first-order chi connectivity index (χ1) is 9.87. The standard InChI is InChI=1S/C14H14Cl2N2O3/c1-3-14(4-2)11(19)17-13(21)18(12(14)20)8-5-6-9(15)10(16)7-8/h5-7H,3-4H2,1-2H3,(H,17,19,21). The minimum Gasteiger partial charge on any atom is -0.276 e. The molecule has 5 nitrogen and oxygen atoms in total. The summed E-state index contributed by atoms with van der Waals surface area (Å²) in [4.78, 5) is 37.7. The van der Waals surface area contributed by atoms with Crippen LogP contribution in [0.2, 0.25) is 10.0 Å². The van der Waals surface area contributed by atoms with Crippen molar-refractivity contribution in [2.24, 2.45) is 5.41 Å². The summed E-state index contributed by atoms with van der Waals surface area (Å²) in [5, 5.41) is 2.78. The van der Waals surface area contributed by atoms with Crippen LogP contribution in [0.1, 0.15) is 26.7 Å². The summed E-state index contributed by atoms with van der Waals surface area (Å²) in [6, 6.07) is 3.65. The Kier molecular flexibility index (Phi) is 4.25. The highest BCUT2D eigenvalue weighted by Crippen LogP contribution is 2.36. The van der Waals surface area contributed by atoms with Crippen molar-refractivity contribution in [1.82, 2.24) is 5.32 Å². The molecule has 112 valence electrons. The van der Waals surface area contributed by atoms with Gasteiger partial charge < -0.3 is 0 Å². The van der Waals surface area contributed by atoms with Crippen molar-refractivity contribution in [2.45, 2.75) is 26.7 Å². The van der Waals surface area contributed by atoms with Crippen LogP contribution < -0.4 is 10.2 Å². The lowest BCUT2D eigenvalue weighted by Gasteiger charge is -2.38. The van der Waals surface area contributed by atoms with Gasteiger partial charge in [-0.2, -0.15) is 0 Å². The number of anilines is 1. The predicted octanol–water partition coefficient (Wildman–Crippen LogP) is 3.38. The van der Waals surface area contributed by atoms with E-state index in [4.69, 9.17) is 23.2 Å². The molecule has 0 unspecified atom stereocenters. The van der Waals surface area contributed by atoms with E-state index >= 15 is 0 Å². The summed E-state index contributed by atoms with van der Waals surface area (Å²) >= 11 is 11.8. The molecule has 1 aliphatic heterocycles. The van der Waals surface area contributed by atoms with E-state index in [0.717, 1.165) is 4.90 Å². The van der Waals surface area contributed by atoms with Crippen molar-refractivity contribution in [1.29, 1.82) is 0 Å². The zero-order chi connectivity index (χ0) is 15.8. The Labute approximate surface area is 132 Å². The molecule has 1 saturated heterocycles. The summed E-state index contributed by atoms with van der Waals surface area (Å²) in [7, 11) is 0. The van der Waals surface area contributed by atoms with Gasteiger partial charge in [-0.3, -0.25) is 14.9 Å². The van der Waals surface area contributed by atoms with Crippen LogP contribution in [0.25, 0.3) is 0 Å². The molecule has 2 rings (SSSR count). The Balaban J connectivity index is 2.51. The number of carbonyl (C=O) groups is 3. The predicted molar refractivity (Wildman–Crippen MR) is 80.5 cm³/mol. The number of urea groups is 1. The van der Waals surface area contributed by atoms with Gasteiger partial charge in [-0.1, -0.05) is 37.0 Å². The van der Waals surface area contributed by atoms with Gasteiger partial charge in [0.1, 0.15) is 5.41 Å². The quantitative estimate of drug-likeness (QED) is 0.865. The zero-order valence-corrected chi connectivity index (χ0v) is 13.1. The smallest absolute Gasteiger partial charge is 0.276 e. The lowest BCUT2D eigenvalue weighted by Crippen LogP contribution is -2.63. The van der Waals surface area contributed by atoms with Gasteiger partial charge in [0.25, 0.3) is 5.91 Å².